The number of carbonyl (C=O) groups excluding carboxylic acids is 1. The van der Waals surface area contributed by atoms with Gasteiger partial charge in [0.05, 0.1) is 18.8 Å². The van der Waals surface area contributed by atoms with Crippen molar-refractivity contribution in [2.24, 2.45) is 0 Å². The zero-order chi connectivity index (χ0) is 18.4. The van der Waals surface area contributed by atoms with E-state index in [9.17, 15) is 9.18 Å². The van der Waals surface area contributed by atoms with Crippen LogP contribution in [0.25, 0.3) is 0 Å². The molecular formula is C20H24FN3O2. The Balaban J connectivity index is 1.63. The Morgan fingerprint density at radius 2 is 2.04 bits per heavy atom. The molecule has 1 saturated heterocycles. The predicted octanol–water partition coefficient (Wildman–Crippen LogP) is 2.81. The number of halogens is 1. The number of nitrogens with one attached hydrogen (secondary N) is 2. The van der Waals surface area contributed by atoms with E-state index in [1.165, 1.54) is 6.07 Å². The number of ether oxygens (including phenoxy) is 1. The van der Waals surface area contributed by atoms with Gasteiger partial charge in [-0.3, -0.25) is 9.69 Å². The smallest absolute Gasteiger partial charge is 0.225 e. The second kappa shape index (κ2) is 8.78. The van der Waals surface area contributed by atoms with Crippen molar-refractivity contribution in [1.82, 2.24) is 10.2 Å². The molecule has 0 radical (unpaired) electrons. The zero-order valence-corrected chi connectivity index (χ0v) is 14.9. The van der Waals surface area contributed by atoms with Crippen LogP contribution in [0, 0.1) is 5.82 Å². The average Bonchev–Trinajstić information content (AvgIpc) is 2.68. The maximum absolute atomic E-state index is 13.7. The molecule has 0 aromatic heterocycles. The molecule has 2 N–H and O–H groups in total. The number of hydrogen-bond acceptors (Lipinski definition) is 4. The lowest BCUT2D eigenvalue weighted by Crippen LogP contribution is -2.46. The highest BCUT2D eigenvalue weighted by atomic mass is 19.1. The zero-order valence-electron chi connectivity index (χ0n) is 14.9. The molecule has 0 bridgehead atoms. The quantitative estimate of drug-likeness (QED) is 0.835. The molecule has 2 aromatic rings. The van der Waals surface area contributed by atoms with Crippen molar-refractivity contribution in [1.29, 1.82) is 0 Å². The minimum absolute atomic E-state index is 0.140. The largest absolute Gasteiger partial charge is 0.496 e. The minimum atomic E-state index is -0.421. The number of anilines is 1. The first kappa shape index (κ1) is 18.4. The van der Waals surface area contributed by atoms with E-state index in [1.54, 1.807) is 25.3 Å². The summed E-state index contributed by atoms with van der Waals surface area (Å²) in [5.74, 6) is 0.240. The summed E-state index contributed by atoms with van der Waals surface area (Å²) < 4.78 is 19.2. The van der Waals surface area contributed by atoms with E-state index in [2.05, 4.69) is 21.6 Å². The summed E-state index contributed by atoms with van der Waals surface area (Å²) >= 11 is 0. The van der Waals surface area contributed by atoms with Crippen molar-refractivity contribution in [3.63, 3.8) is 0 Å². The van der Waals surface area contributed by atoms with Crippen LogP contribution in [0.3, 0.4) is 0 Å². The molecule has 2 aromatic carbocycles. The Hall–Kier alpha value is -2.44. The average molecular weight is 357 g/mol. The van der Waals surface area contributed by atoms with Gasteiger partial charge in [0.25, 0.3) is 0 Å². The molecule has 1 unspecified atom stereocenters. The number of carbonyl (C=O) groups is 1. The van der Waals surface area contributed by atoms with E-state index in [-0.39, 0.29) is 17.6 Å². The Labute approximate surface area is 153 Å². The van der Waals surface area contributed by atoms with Crippen LogP contribution >= 0.6 is 0 Å². The number of methoxy groups -OCH3 is 1. The molecule has 1 aliphatic heterocycles. The summed E-state index contributed by atoms with van der Waals surface area (Å²) in [4.78, 5) is 14.5. The lowest BCUT2D eigenvalue weighted by atomic mass is 10.0. The van der Waals surface area contributed by atoms with Gasteiger partial charge >= 0.3 is 0 Å². The number of piperazine rings is 1. The molecule has 138 valence electrons. The number of para-hydroxylation sites is 2. The van der Waals surface area contributed by atoms with E-state index in [0.717, 1.165) is 30.9 Å². The maximum Gasteiger partial charge on any atom is 0.225 e. The van der Waals surface area contributed by atoms with Crippen molar-refractivity contribution in [3.8, 4) is 5.75 Å². The summed E-state index contributed by atoms with van der Waals surface area (Å²) in [5, 5.41) is 6.05. The maximum atomic E-state index is 13.7. The van der Waals surface area contributed by atoms with Crippen LogP contribution in [0.4, 0.5) is 10.1 Å². The summed E-state index contributed by atoms with van der Waals surface area (Å²) in [6.45, 7) is 3.12. The normalized spacial score (nSPS) is 17.7. The van der Waals surface area contributed by atoms with Gasteiger partial charge in [-0.2, -0.15) is 0 Å². The van der Waals surface area contributed by atoms with E-state index >= 15 is 0 Å². The number of amides is 1. The van der Waals surface area contributed by atoms with Crippen LogP contribution in [0.15, 0.2) is 48.5 Å². The summed E-state index contributed by atoms with van der Waals surface area (Å²) in [6, 6.07) is 14.3. The van der Waals surface area contributed by atoms with Crippen LogP contribution in [-0.4, -0.2) is 44.1 Å². The highest BCUT2D eigenvalue weighted by molar-refractivity contribution is 5.90. The Morgan fingerprint density at radius 3 is 2.85 bits per heavy atom. The summed E-state index contributed by atoms with van der Waals surface area (Å²) in [7, 11) is 1.67. The first-order chi connectivity index (χ1) is 12.7. The molecule has 0 aliphatic carbocycles. The molecule has 1 aliphatic rings. The highest BCUT2D eigenvalue weighted by Gasteiger charge is 2.26. The van der Waals surface area contributed by atoms with E-state index in [4.69, 9.17) is 4.74 Å². The fourth-order valence-corrected chi connectivity index (χ4v) is 3.28. The van der Waals surface area contributed by atoms with Gasteiger partial charge in [0, 0.05) is 38.2 Å². The van der Waals surface area contributed by atoms with E-state index < -0.39 is 5.82 Å². The number of hydrogen-bond donors (Lipinski definition) is 2. The van der Waals surface area contributed by atoms with Crippen molar-refractivity contribution in [2.45, 2.75) is 12.5 Å². The molecule has 1 heterocycles. The van der Waals surface area contributed by atoms with Crippen molar-refractivity contribution >= 4 is 11.6 Å². The first-order valence-electron chi connectivity index (χ1n) is 8.81. The molecule has 0 saturated carbocycles. The fraction of sp³-hybridized carbons (Fsp3) is 0.350. The Morgan fingerprint density at radius 1 is 1.27 bits per heavy atom. The van der Waals surface area contributed by atoms with Gasteiger partial charge in [0.15, 0.2) is 0 Å². The molecule has 26 heavy (non-hydrogen) atoms. The molecule has 1 atom stereocenters. The van der Waals surface area contributed by atoms with Gasteiger partial charge in [-0.05, 0) is 18.2 Å². The summed E-state index contributed by atoms with van der Waals surface area (Å²) in [6.07, 6.45) is 0.306. The Bertz CT molecular complexity index is 753. The van der Waals surface area contributed by atoms with Crippen LogP contribution < -0.4 is 15.4 Å². The lowest BCUT2D eigenvalue weighted by molar-refractivity contribution is -0.116. The fourth-order valence-electron chi connectivity index (χ4n) is 3.28. The topological polar surface area (TPSA) is 53.6 Å². The monoisotopic (exact) mass is 357 g/mol. The second-order valence-corrected chi connectivity index (χ2v) is 6.28. The SMILES string of the molecule is COc1ccccc1C1CNCCN1CCC(=O)Nc1ccccc1F. The van der Waals surface area contributed by atoms with Gasteiger partial charge in [-0.1, -0.05) is 30.3 Å². The van der Waals surface area contributed by atoms with Gasteiger partial charge in [-0.25, -0.2) is 4.39 Å². The van der Waals surface area contributed by atoms with Crippen LogP contribution in [0.2, 0.25) is 0 Å². The minimum Gasteiger partial charge on any atom is -0.496 e. The third kappa shape index (κ3) is 4.39. The molecular weight excluding hydrogens is 333 g/mol. The first-order valence-corrected chi connectivity index (χ1v) is 8.81. The third-order valence-electron chi connectivity index (χ3n) is 4.63. The molecule has 5 nitrogen and oxygen atoms in total. The van der Waals surface area contributed by atoms with Crippen LogP contribution in [0.1, 0.15) is 18.0 Å². The third-order valence-corrected chi connectivity index (χ3v) is 4.63. The lowest BCUT2D eigenvalue weighted by Gasteiger charge is -2.37. The number of benzene rings is 2. The molecule has 0 spiro atoms. The van der Waals surface area contributed by atoms with Gasteiger partial charge < -0.3 is 15.4 Å². The molecule has 1 amide bonds. The second-order valence-electron chi connectivity index (χ2n) is 6.28. The van der Waals surface area contributed by atoms with E-state index in [0.29, 0.717) is 13.0 Å². The van der Waals surface area contributed by atoms with Crippen LogP contribution in [-0.2, 0) is 4.79 Å². The van der Waals surface area contributed by atoms with Crippen molar-refractivity contribution in [3.05, 3.63) is 59.9 Å². The van der Waals surface area contributed by atoms with Gasteiger partial charge in [0.1, 0.15) is 11.6 Å². The summed E-state index contributed by atoms with van der Waals surface area (Å²) in [5.41, 5.74) is 1.33. The molecule has 1 fully saturated rings. The molecule has 6 heteroatoms. The number of rotatable bonds is 6. The predicted molar refractivity (Wildman–Crippen MR) is 99.8 cm³/mol. The number of nitrogens with zero attached hydrogens (tertiary/aromatic N) is 1. The highest BCUT2D eigenvalue weighted by Crippen LogP contribution is 2.30. The van der Waals surface area contributed by atoms with Crippen molar-refractivity contribution < 1.29 is 13.9 Å². The van der Waals surface area contributed by atoms with Crippen LogP contribution in [0.5, 0.6) is 5.75 Å². The Kier molecular flexibility index (Phi) is 6.20. The van der Waals surface area contributed by atoms with Crippen molar-refractivity contribution in [2.75, 3.05) is 38.6 Å². The standard InChI is InChI=1S/C20H24FN3O2/c1-26-19-9-5-2-6-15(19)18-14-22-11-13-24(18)12-10-20(25)23-17-8-4-3-7-16(17)21/h2-9,18,22H,10-14H2,1H3,(H,23,25). The van der Waals surface area contributed by atoms with Gasteiger partial charge in [0.2, 0.25) is 5.91 Å². The molecule has 3 rings (SSSR count). The van der Waals surface area contributed by atoms with E-state index in [1.807, 2.05) is 18.2 Å². The van der Waals surface area contributed by atoms with Gasteiger partial charge in [-0.15, -0.1) is 0 Å².